The number of rotatable bonds is 4. The molecule has 0 heterocycles. The Morgan fingerprint density at radius 2 is 2.05 bits per heavy atom. The first kappa shape index (κ1) is 16.0. The van der Waals surface area contributed by atoms with Crippen molar-refractivity contribution in [1.82, 2.24) is 0 Å². The van der Waals surface area contributed by atoms with Crippen LogP contribution >= 0.6 is 0 Å². The minimum absolute atomic E-state index is 0.00627. The van der Waals surface area contributed by atoms with E-state index < -0.39 is 0 Å². The fourth-order valence-corrected chi connectivity index (χ4v) is 4.62. The lowest BCUT2D eigenvalue weighted by atomic mass is 9.62. The van der Waals surface area contributed by atoms with Crippen molar-refractivity contribution in [3.8, 4) is 0 Å². The van der Waals surface area contributed by atoms with E-state index >= 15 is 0 Å². The molecule has 0 spiro atoms. The van der Waals surface area contributed by atoms with E-state index in [-0.39, 0.29) is 11.5 Å². The van der Waals surface area contributed by atoms with Crippen molar-refractivity contribution in [2.75, 3.05) is 6.54 Å². The van der Waals surface area contributed by atoms with Crippen LogP contribution in [0.15, 0.2) is 11.6 Å². The molecule has 2 rings (SSSR count). The third-order valence-corrected chi connectivity index (χ3v) is 5.99. The molecule has 0 radical (unpaired) electrons. The molecule has 20 heavy (non-hydrogen) atoms. The Kier molecular flexibility index (Phi) is 5.30. The van der Waals surface area contributed by atoms with Crippen LogP contribution in [0.5, 0.6) is 0 Å². The van der Waals surface area contributed by atoms with E-state index in [2.05, 4.69) is 26.8 Å². The molecule has 0 bridgehead atoms. The summed E-state index contributed by atoms with van der Waals surface area (Å²) in [6, 6.07) is 0. The summed E-state index contributed by atoms with van der Waals surface area (Å²) in [5.41, 5.74) is 7.57. The van der Waals surface area contributed by atoms with Gasteiger partial charge in [-0.05, 0) is 63.2 Å². The third-order valence-electron chi connectivity index (χ3n) is 5.99. The number of aliphatic hydroxyl groups excluding tert-OH is 1. The lowest BCUT2D eigenvalue weighted by molar-refractivity contribution is -0.0504. The summed E-state index contributed by atoms with van der Waals surface area (Å²) in [7, 11) is 0. The molecule has 0 aliphatic heterocycles. The molecule has 1 fully saturated rings. The average Bonchev–Trinajstić information content (AvgIpc) is 2.45. The zero-order valence-corrected chi connectivity index (χ0v) is 13.6. The number of aliphatic hydroxyl groups is 1. The Balaban J connectivity index is 2.06. The lowest BCUT2D eigenvalue weighted by Crippen LogP contribution is -2.48. The van der Waals surface area contributed by atoms with Gasteiger partial charge in [-0.3, -0.25) is 0 Å². The van der Waals surface area contributed by atoms with Crippen LogP contribution in [0.3, 0.4) is 0 Å². The Morgan fingerprint density at radius 3 is 2.55 bits per heavy atom. The highest BCUT2D eigenvalue weighted by atomic mass is 16.3. The zero-order valence-electron chi connectivity index (χ0n) is 13.6. The highest BCUT2D eigenvalue weighted by Crippen LogP contribution is 2.46. The van der Waals surface area contributed by atoms with Gasteiger partial charge in [-0.2, -0.15) is 0 Å². The van der Waals surface area contributed by atoms with E-state index in [1.54, 1.807) is 0 Å². The molecule has 0 amide bonds. The molecule has 0 saturated heterocycles. The minimum atomic E-state index is -0.212. The number of hydrogen-bond acceptors (Lipinski definition) is 2. The highest BCUT2D eigenvalue weighted by Gasteiger charge is 2.43. The fraction of sp³-hybridized carbons (Fsp3) is 0.889. The standard InChI is InChI=1S/C18H33NO/c1-4-15-5-7-18(12-19,8-6-15)17(20)16-10-13(2)9-14(3)11-16/h9,13,15-17,20H,4-8,10-12,19H2,1-3H3. The van der Waals surface area contributed by atoms with Gasteiger partial charge in [-0.15, -0.1) is 0 Å². The monoisotopic (exact) mass is 279 g/mol. The zero-order chi connectivity index (χ0) is 14.8. The largest absolute Gasteiger partial charge is 0.392 e. The van der Waals surface area contributed by atoms with E-state index in [9.17, 15) is 5.11 Å². The van der Waals surface area contributed by atoms with Crippen LogP contribution in [0.1, 0.15) is 65.7 Å². The molecule has 0 aromatic heterocycles. The maximum Gasteiger partial charge on any atom is 0.0639 e. The molecule has 0 aromatic rings. The first-order valence-corrected chi connectivity index (χ1v) is 8.56. The summed E-state index contributed by atoms with van der Waals surface area (Å²) in [6.07, 6.45) is 10.4. The molecule has 3 atom stereocenters. The highest BCUT2D eigenvalue weighted by molar-refractivity contribution is 5.09. The summed E-state index contributed by atoms with van der Waals surface area (Å²) >= 11 is 0. The molecule has 2 heteroatoms. The fourth-order valence-electron chi connectivity index (χ4n) is 4.62. The Bertz CT molecular complexity index is 341. The van der Waals surface area contributed by atoms with Crippen molar-refractivity contribution in [2.45, 2.75) is 71.8 Å². The van der Waals surface area contributed by atoms with E-state index in [4.69, 9.17) is 5.73 Å². The Labute approximate surface area is 124 Å². The molecule has 1 saturated carbocycles. The quantitative estimate of drug-likeness (QED) is 0.767. The van der Waals surface area contributed by atoms with Crippen LogP contribution in [0.2, 0.25) is 0 Å². The number of allylic oxidation sites excluding steroid dienone is 2. The summed E-state index contributed by atoms with van der Waals surface area (Å²) in [5.74, 6) is 1.87. The molecule has 116 valence electrons. The van der Waals surface area contributed by atoms with Gasteiger partial charge in [0.2, 0.25) is 0 Å². The SMILES string of the molecule is CCC1CCC(CN)(C(O)C2CC(C)=CC(C)C2)CC1. The summed E-state index contributed by atoms with van der Waals surface area (Å²) in [6.45, 7) is 7.41. The maximum atomic E-state index is 11.0. The minimum Gasteiger partial charge on any atom is -0.392 e. The predicted molar refractivity (Wildman–Crippen MR) is 85.4 cm³/mol. The number of hydrogen-bond donors (Lipinski definition) is 2. The van der Waals surface area contributed by atoms with Gasteiger partial charge < -0.3 is 10.8 Å². The van der Waals surface area contributed by atoms with Gasteiger partial charge in [0, 0.05) is 12.0 Å². The van der Waals surface area contributed by atoms with E-state index in [1.165, 1.54) is 24.8 Å². The topological polar surface area (TPSA) is 46.2 Å². The Hall–Kier alpha value is -0.340. The molecule has 0 aromatic carbocycles. The smallest absolute Gasteiger partial charge is 0.0639 e. The predicted octanol–water partition coefficient (Wildman–Crippen LogP) is 3.89. The van der Waals surface area contributed by atoms with Crippen molar-refractivity contribution in [2.24, 2.45) is 28.9 Å². The van der Waals surface area contributed by atoms with Gasteiger partial charge in [0.1, 0.15) is 0 Å². The third kappa shape index (κ3) is 3.28. The lowest BCUT2D eigenvalue weighted by Gasteiger charge is -2.46. The molecular formula is C18H33NO. The van der Waals surface area contributed by atoms with Crippen LogP contribution in [0.25, 0.3) is 0 Å². The van der Waals surface area contributed by atoms with Crippen molar-refractivity contribution in [3.63, 3.8) is 0 Å². The van der Waals surface area contributed by atoms with Gasteiger partial charge in [0.25, 0.3) is 0 Å². The molecule has 2 aliphatic rings. The molecule has 3 unspecified atom stereocenters. The van der Waals surface area contributed by atoms with Crippen LogP contribution in [-0.4, -0.2) is 17.8 Å². The van der Waals surface area contributed by atoms with Crippen molar-refractivity contribution >= 4 is 0 Å². The normalized spacial score (nSPS) is 40.2. The van der Waals surface area contributed by atoms with E-state index in [1.807, 2.05) is 0 Å². The first-order chi connectivity index (χ1) is 9.50. The summed E-state index contributed by atoms with van der Waals surface area (Å²) in [4.78, 5) is 0. The van der Waals surface area contributed by atoms with Gasteiger partial charge in [0.15, 0.2) is 0 Å². The van der Waals surface area contributed by atoms with Crippen LogP contribution < -0.4 is 5.73 Å². The van der Waals surface area contributed by atoms with Gasteiger partial charge in [-0.25, -0.2) is 0 Å². The van der Waals surface area contributed by atoms with Crippen LogP contribution in [0.4, 0.5) is 0 Å². The summed E-state index contributed by atoms with van der Waals surface area (Å²) in [5, 5.41) is 11.0. The molecule has 2 nitrogen and oxygen atoms in total. The van der Waals surface area contributed by atoms with Crippen LogP contribution in [-0.2, 0) is 0 Å². The van der Waals surface area contributed by atoms with E-state index in [0.717, 1.165) is 31.6 Å². The molecular weight excluding hydrogens is 246 g/mol. The number of nitrogens with two attached hydrogens (primary N) is 1. The average molecular weight is 279 g/mol. The van der Waals surface area contributed by atoms with Gasteiger partial charge >= 0.3 is 0 Å². The molecule has 2 aliphatic carbocycles. The Morgan fingerprint density at radius 1 is 1.40 bits per heavy atom. The summed E-state index contributed by atoms with van der Waals surface area (Å²) < 4.78 is 0. The first-order valence-electron chi connectivity index (χ1n) is 8.56. The van der Waals surface area contributed by atoms with Crippen molar-refractivity contribution < 1.29 is 5.11 Å². The second kappa shape index (κ2) is 6.62. The van der Waals surface area contributed by atoms with Crippen molar-refractivity contribution in [3.05, 3.63) is 11.6 Å². The molecule has 3 N–H and O–H groups in total. The van der Waals surface area contributed by atoms with Gasteiger partial charge in [-0.1, -0.05) is 31.9 Å². The van der Waals surface area contributed by atoms with Crippen molar-refractivity contribution in [1.29, 1.82) is 0 Å². The van der Waals surface area contributed by atoms with E-state index in [0.29, 0.717) is 18.4 Å². The second-order valence-electron chi connectivity index (χ2n) is 7.55. The second-order valence-corrected chi connectivity index (χ2v) is 7.55. The van der Waals surface area contributed by atoms with Crippen LogP contribution in [0, 0.1) is 23.2 Å². The maximum absolute atomic E-state index is 11.0. The van der Waals surface area contributed by atoms with Gasteiger partial charge in [0.05, 0.1) is 6.10 Å².